The van der Waals surface area contributed by atoms with E-state index < -0.39 is 0 Å². The molecule has 2 aromatic heterocycles. The molecule has 7 nitrogen and oxygen atoms in total. The van der Waals surface area contributed by atoms with Crippen LogP contribution in [0.2, 0.25) is 0 Å². The third-order valence-electron chi connectivity index (χ3n) is 3.87. The summed E-state index contributed by atoms with van der Waals surface area (Å²) in [6, 6.07) is 9.46. The van der Waals surface area contributed by atoms with E-state index in [1.807, 2.05) is 41.1 Å². The number of para-hydroxylation sites is 1. The van der Waals surface area contributed by atoms with Crippen LogP contribution in [-0.2, 0) is 6.54 Å². The predicted octanol–water partition coefficient (Wildman–Crippen LogP) is 1.92. The molecule has 0 fully saturated rings. The van der Waals surface area contributed by atoms with E-state index in [4.69, 9.17) is 0 Å². The van der Waals surface area contributed by atoms with Crippen molar-refractivity contribution in [3.63, 3.8) is 0 Å². The van der Waals surface area contributed by atoms with E-state index in [2.05, 4.69) is 34.5 Å². The van der Waals surface area contributed by atoms with Crippen molar-refractivity contribution >= 4 is 5.91 Å². The van der Waals surface area contributed by atoms with Crippen LogP contribution >= 0.6 is 0 Å². The molecule has 2 heterocycles. The lowest BCUT2D eigenvalue weighted by atomic mass is 10.0. The lowest BCUT2D eigenvalue weighted by Gasteiger charge is -2.22. The number of carbonyl (C=O) groups is 1. The first-order valence-electron chi connectivity index (χ1n) is 7.88. The van der Waals surface area contributed by atoms with Gasteiger partial charge in [0, 0.05) is 25.0 Å². The predicted molar refractivity (Wildman–Crippen MR) is 89.7 cm³/mol. The van der Waals surface area contributed by atoms with E-state index in [1.165, 1.54) is 6.20 Å². The average molecular weight is 324 g/mol. The summed E-state index contributed by atoms with van der Waals surface area (Å²) < 4.78 is 3.50. The number of benzene rings is 1. The van der Waals surface area contributed by atoms with Gasteiger partial charge in [-0.05, 0) is 18.1 Å². The SMILES string of the molecule is CC(C)[C@@H](Cn1ccnc1)NC(=O)c1cnnn1-c1ccccc1. The average Bonchev–Trinajstić information content (AvgIpc) is 3.26. The van der Waals surface area contributed by atoms with Gasteiger partial charge in [-0.1, -0.05) is 37.3 Å². The van der Waals surface area contributed by atoms with Crippen molar-refractivity contribution in [2.75, 3.05) is 0 Å². The quantitative estimate of drug-likeness (QED) is 0.751. The van der Waals surface area contributed by atoms with E-state index in [9.17, 15) is 4.79 Å². The van der Waals surface area contributed by atoms with Crippen LogP contribution in [0.5, 0.6) is 0 Å². The summed E-state index contributed by atoms with van der Waals surface area (Å²) in [6.45, 7) is 4.82. The van der Waals surface area contributed by atoms with Crippen molar-refractivity contribution in [1.29, 1.82) is 0 Å². The molecule has 0 bridgehead atoms. The summed E-state index contributed by atoms with van der Waals surface area (Å²) in [4.78, 5) is 16.7. The number of hydrogen-bond acceptors (Lipinski definition) is 4. The van der Waals surface area contributed by atoms with Crippen molar-refractivity contribution in [1.82, 2.24) is 29.9 Å². The summed E-state index contributed by atoms with van der Waals surface area (Å²) in [5, 5.41) is 11.0. The molecule has 0 aliphatic rings. The Hall–Kier alpha value is -2.96. The van der Waals surface area contributed by atoms with Gasteiger partial charge < -0.3 is 9.88 Å². The highest BCUT2D eigenvalue weighted by atomic mass is 16.2. The summed E-state index contributed by atoms with van der Waals surface area (Å²) >= 11 is 0. The second kappa shape index (κ2) is 7.08. The number of amides is 1. The monoisotopic (exact) mass is 324 g/mol. The number of hydrogen-bond donors (Lipinski definition) is 1. The van der Waals surface area contributed by atoms with Gasteiger partial charge in [-0.2, -0.15) is 0 Å². The van der Waals surface area contributed by atoms with Crippen LogP contribution in [0.1, 0.15) is 24.3 Å². The molecule has 1 aromatic carbocycles. The second-order valence-corrected chi connectivity index (χ2v) is 5.95. The highest BCUT2D eigenvalue weighted by molar-refractivity contribution is 5.93. The van der Waals surface area contributed by atoms with E-state index in [0.717, 1.165) is 5.69 Å². The Balaban J connectivity index is 1.78. The molecule has 0 aliphatic carbocycles. The summed E-state index contributed by atoms with van der Waals surface area (Å²) in [7, 11) is 0. The molecule has 24 heavy (non-hydrogen) atoms. The van der Waals surface area contributed by atoms with Gasteiger partial charge in [0.25, 0.3) is 5.91 Å². The second-order valence-electron chi connectivity index (χ2n) is 5.95. The number of nitrogens with one attached hydrogen (secondary N) is 1. The number of nitrogens with zero attached hydrogens (tertiary/aromatic N) is 5. The number of imidazole rings is 1. The van der Waals surface area contributed by atoms with Gasteiger partial charge in [-0.25, -0.2) is 9.67 Å². The maximum Gasteiger partial charge on any atom is 0.271 e. The Bertz CT molecular complexity index is 779. The van der Waals surface area contributed by atoms with Crippen molar-refractivity contribution in [3.05, 3.63) is 60.9 Å². The standard InChI is InChI=1S/C17H20N6O/c1-13(2)15(11-22-9-8-18-12-22)20-17(24)16-10-19-21-23(16)14-6-4-3-5-7-14/h3-10,12-13,15H,11H2,1-2H3,(H,20,24)/t15-/m1/s1. The Kier molecular flexibility index (Phi) is 4.69. The highest BCUT2D eigenvalue weighted by Crippen LogP contribution is 2.11. The van der Waals surface area contributed by atoms with Crippen LogP contribution in [-0.4, -0.2) is 36.5 Å². The molecule has 0 saturated heterocycles. The zero-order valence-electron chi connectivity index (χ0n) is 13.7. The van der Waals surface area contributed by atoms with Crippen LogP contribution in [0.3, 0.4) is 0 Å². The smallest absolute Gasteiger partial charge is 0.271 e. The van der Waals surface area contributed by atoms with Crippen LogP contribution in [0.4, 0.5) is 0 Å². The molecule has 1 amide bonds. The molecule has 7 heteroatoms. The Morgan fingerprint density at radius 1 is 1.25 bits per heavy atom. The largest absolute Gasteiger partial charge is 0.346 e. The van der Waals surface area contributed by atoms with Crippen molar-refractivity contribution < 1.29 is 4.79 Å². The normalized spacial score (nSPS) is 12.3. The minimum Gasteiger partial charge on any atom is -0.346 e. The summed E-state index contributed by atoms with van der Waals surface area (Å²) in [6.07, 6.45) is 6.85. The first kappa shape index (κ1) is 15.9. The van der Waals surface area contributed by atoms with Gasteiger partial charge in [0.15, 0.2) is 5.69 Å². The molecular formula is C17H20N6O. The zero-order chi connectivity index (χ0) is 16.9. The molecule has 0 spiro atoms. The van der Waals surface area contributed by atoms with E-state index in [0.29, 0.717) is 12.2 Å². The zero-order valence-corrected chi connectivity index (χ0v) is 13.7. The maximum absolute atomic E-state index is 12.7. The van der Waals surface area contributed by atoms with Gasteiger partial charge >= 0.3 is 0 Å². The summed E-state index contributed by atoms with van der Waals surface area (Å²) in [5.74, 6) is 0.0834. The fourth-order valence-corrected chi connectivity index (χ4v) is 2.44. The lowest BCUT2D eigenvalue weighted by molar-refractivity contribution is 0.0912. The van der Waals surface area contributed by atoms with E-state index in [-0.39, 0.29) is 17.9 Å². The molecule has 0 saturated carbocycles. The molecule has 1 atom stereocenters. The van der Waals surface area contributed by atoms with Gasteiger partial charge in [0.1, 0.15) is 0 Å². The molecular weight excluding hydrogens is 304 g/mol. The molecule has 1 N–H and O–H groups in total. The Labute approximate surface area is 140 Å². The number of carbonyl (C=O) groups excluding carboxylic acids is 1. The van der Waals surface area contributed by atoms with Crippen molar-refractivity contribution in [2.45, 2.75) is 26.4 Å². The maximum atomic E-state index is 12.7. The number of aromatic nitrogens is 5. The van der Waals surface area contributed by atoms with E-state index in [1.54, 1.807) is 17.2 Å². The Morgan fingerprint density at radius 2 is 2.04 bits per heavy atom. The van der Waals surface area contributed by atoms with Gasteiger partial charge in [-0.3, -0.25) is 4.79 Å². The molecule has 124 valence electrons. The third-order valence-corrected chi connectivity index (χ3v) is 3.87. The first-order chi connectivity index (χ1) is 11.6. The minimum atomic E-state index is -0.192. The first-order valence-corrected chi connectivity index (χ1v) is 7.88. The lowest BCUT2D eigenvalue weighted by Crippen LogP contribution is -2.42. The molecule has 3 rings (SSSR count). The summed E-state index contributed by atoms with van der Waals surface area (Å²) in [5.41, 5.74) is 1.22. The van der Waals surface area contributed by atoms with Crippen LogP contribution < -0.4 is 5.32 Å². The van der Waals surface area contributed by atoms with E-state index >= 15 is 0 Å². The van der Waals surface area contributed by atoms with Gasteiger partial charge in [0.05, 0.1) is 18.2 Å². The van der Waals surface area contributed by atoms with Crippen molar-refractivity contribution in [3.8, 4) is 5.69 Å². The van der Waals surface area contributed by atoms with Crippen LogP contribution in [0, 0.1) is 5.92 Å². The number of rotatable bonds is 6. The minimum absolute atomic E-state index is 0.0224. The fraction of sp³-hybridized carbons (Fsp3) is 0.294. The van der Waals surface area contributed by atoms with Crippen molar-refractivity contribution in [2.24, 2.45) is 5.92 Å². The molecule has 0 radical (unpaired) electrons. The van der Waals surface area contributed by atoms with Gasteiger partial charge in [-0.15, -0.1) is 5.10 Å². The topological polar surface area (TPSA) is 77.6 Å². The molecule has 0 aliphatic heterocycles. The highest BCUT2D eigenvalue weighted by Gasteiger charge is 2.21. The van der Waals surface area contributed by atoms with Gasteiger partial charge in [0.2, 0.25) is 0 Å². The molecule has 3 aromatic rings. The van der Waals surface area contributed by atoms with Crippen LogP contribution in [0.25, 0.3) is 5.69 Å². The van der Waals surface area contributed by atoms with Crippen LogP contribution in [0.15, 0.2) is 55.2 Å². The fourth-order valence-electron chi connectivity index (χ4n) is 2.44. The Morgan fingerprint density at radius 3 is 2.71 bits per heavy atom. The molecule has 0 unspecified atom stereocenters. The third kappa shape index (κ3) is 3.51.